The Balaban J connectivity index is 2.11. The second-order valence-corrected chi connectivity index (χ2v) is 4.78. The van der Waals surface area contributed by atoms with Gasteiger partial charge in [-0.05, 0) is 45.0 Å². The molecule has 0 radical (unpaired) electrons. The first-order valence-electron chi connectivity index (χ1n) is 6.64. The Bertz CT molecular complexity index is 567. The van der Waals surface area contributed by atoms with Crippen LogP contribution in [0.4, 0.5) is 17.5 Å². The lowest BCUT2D eigenvalue weighted by atomic mass is 10.3. The fourth-order valence-electron chi connectivity index (χ4n) is 1.78. The fraction of sp³-hybridized carbons (Fsp3) is 0.333. The van der Waals surface area contributed by atoms with Crippen LogP contribution in [0, 0.1) is 6.92 Å². The molecule has 0 spiro atoms. The standard InChI is InChI=1S/C15H20N4O/c1-10(2)20-13-7-5-12(6-8-13)18-14-9-11(3)17-15(16-4)19-14/h5-10H,1-4H3,(H2,16,17,18,19). The van der Waals surface area contributed by atoms with Gasteiger partial charge in [-0.2, -0.15) is 4.98 Å². The van der Waals surface area contributed by atoms with Crippen molar-refractivity contribution in [2.45, 2.75) is 26.9 Å². The average molecular weight is 272 g/mol. The van der Waals surface area contributed by atoms with Crippen LogP contribution in [0.25, 0.3) is 0 Å². The largest absolute Gasteiger partial charge is 0.491 e. The Morgan fingerprint density at radius 1 is 1.10 bits per heavy atom. The van der Waals surface area contributed by atoms with Gasteiger partial charge in [0.1, 0.15) is 11.6 Å². The van der Waals surface area contributed by atoms with Crippen LogP contribution in [-0.4, -0.2) is 23.1 Å². The summed E-state index contributed by atoms with van der Waals surface area (Å²) in [5.41, 5.74) is 1.87. The SMILES string of the molecule is CNc1nc(C)cc(Nc2ccc(OC(C)C)cc2)n1. The molecule has 0 aliphatic rings. The number of nitrogens with one attached hydrogen (secondary N) is 2. The molecule has 2 rings (SSSR count). The van der Waals surface area contributed by atoms with E-state index in [9.17, 15) is 0 Å². The molecule has 0 saturated carbocycles. The van der Waals surface area contributed by atoms with Crippen molar-refractivity contribution in [1.82, 2.24) is 9.97 Å². The molecule has 2 N–H and O–H groups in total. The summed E-state index contributed by atoms with van der Waals surface area (Å²) in [6.45, 7) is 5.96. The molecule has 0 saturated heterocycles. The second kappa shape index (κ2) is 6.23. The summed E-state index contributed by atoms with van der Waals surface area (Å²) in [7, 11) is 1.80. The molecule has 1 aromatic heterocycles. The van der Waals surface area contributed by atoms with E-state index in [-0.39, 0.29) is 6.10 Å². The van der Waals surface area contributed by atoms with Gasteiger partial charge in [0.15, 0.2) is 0 Å². The van der Waals surface area contributed by atoms with Gasteiger partial charge in [-0.25, -0.2) is 4.98 Å². The zero-order valence-electron chi connectivity index (χ0n) is 12.3. The molecule has 5 heteroatoms. The smallest absolute Gasteiger partial charge is 0.224 e. The van der Waals surface area contributed by atoms with Crippen molar-refractivity contribution >= 4 is 17.5 Å². The minimum atomic E-state index is 0.177. The molecule has 106 valence electrons. The lowest BCUT2D eigenvalue weighted by Crippen LogP contribution is -2.05. The molecule has 0 aliphatic carbocycles. The van der Waals surface area contributed by atoms with Crippen molar-refractivity contribution in [3.05, 3.63) is 36.0 Å². The molecule has 0 unspecified atom stereocenters. The number of rotatable bonds is 5. The maximum absolute atomic E-state index is 5.61. The fourth-order valence-corrected chi connectivity index (χ4v) is 1.78. The normalized spacial score (nSPS) is 10.4. The zero-order chi connectivity index (χ0) is 14.5. The van der Waals surface area contributed by atoms with Gasteiger partial charge in [-0.3, -0.25) is 0 Å². The third kappa shape index (κ3) is 3.85. The van der Waals surface area contributed by atoms with E-state index >= 15 is 0 Å². The molecule has 2 aromatic rings. The summed E-state index contributed by atoms with van der Waals surface area (Å²) in [6, 6.07) is 9.71. The van der Waals surface area contributed by atoms with E-state index in [1.54, 1.807) is 7.05 Å². The first-order chi connectivity index (χ1) is 9.56. The molecular weight excluding hydrogens is 252 g/mol. The van der Waals surface area contributed by atoms with E-state index in [2.05, 4.69) is 20.6 Å². The third-order valence-electron chi connectivity index (χ3n) is 2.58. The van der Waals surface area contributed by atoms with Gasteiger partial charge < -0.3 is 15.4 Å². The summed E-state index contributed by atoms with van der Waals surface area (Å²) in [5.74, 6) is 2.23. The summed E-state index contributed by atoms with van der Waals surface area (Å²) in [4.78, 5) is 8.61. The Labute approximate surface area is 119 Å². The van der Waals surface area contributed by atoms with E-state index in [1.165, 1.54) is 0 Å². The van der Waals surface area contributed by atoms with Gasteiger partial charge in [-0.15, -0.1) is 0 Å². The topological polar surface area (TPSA) is 59.1 Å². The highest BCUT2D eigenvalue weighted by Gasteiger charge is 2.02. The number of aryl methyl sites for hydroxylation is 1. The van der Waals surface area contributed by atoms with Gasteiger partial charge in [-0.1, -0.05) is 0 Å². The van der Waals surface area contributed by atoms with Crippen molar-refractivity contribution in [2.75, 3.05) is 17.7 Å². The van der Waals surface area contributed by atoms with E-state index < -0.39 is 0 Å². The van der Waals surface area contributed by atoms with E-state index in [1.807, 2.05) is 51.1 Å². The first kappa shape index (κ1) is 14.1. The number of hydrogen-bond donors (Lipinski definition) is 2. The van der Waals surface area contributed by atoms with Gasteiger partial charge in [0.2, 0.25) is 5.95 Å². The minimum Gasteiger partial charge on any atom is -0.491 e. The maximum atomic E-state index is 5.61. The zero-order valence-corrected chi connectivity index (χ0v) is 12.3. The van der Waals surface area contributed by atoms with Crippen molar-refractivity contribution in [3.8, 4) is 5.75 Å². The number of ether oxygens (including phenoxy) is 1. The van der Waals surface area contributed by atoms with Gasteiger partial charge in [0.05, 0.1) is 6.10 Å². The minimum absolute atomic E-state index is 0.177. The summed E-state index contributed by atoms with van der Waals surface area (Å²) >= 11 is 0. The molecule has 0 atom stereocenters. The van der Waals surface area contributed by atoms with Crippen LogP contribution < -0.4 is 15.4 Å². The molecule has 20 heavy (non-hydrogen) atoms. The number of hydrogen-bond acceptors (Lipinski definition) is 5. The molecule has 0 aliphatic heterocycles. The van der Waals surface area contributed by atoms with Crippen molar-refractivity contribution in [2.24, 2.45) is 0 Å². The predicted octanol–water partition coefficient (Wildman–Crippen LogP) is 3.36. The lowest BCUT2D eigenvalue weighted by molar-refractivity contribution is 0.242. The van der Waals surface area contributed by atoms with E-state index in [4.69, 9.17) is 4.74 Å². The molecule has 0 fully saturated rings. The molecule has 1 heterocycles. The van der Waals surface area contributed by atoms with Gasteiger partial charge >= 0.3 is 0 Å². The quantitative estimate of drug-likeness (QED) is 0.874. The third-order valence-corrected chi connectivity index (χ3v) is 2.58. The highest BCUT2D eigenvalue weighted by molar-refractivity contribution is 5.58. The van der Waals surface area contributed by atoms with Crippen LogP contribution in [0.15, 0.2) is 30.3 Å². The number of benzene rings is 1. The average Bonchev–Trinajstić information content (AvgIpc) is 2.39. The van der Waals surface area contributed by atoms with Crippen LogP contribution in [0.1, 0.15) is 19.5 Å². The van der Waals surface area contributed by atoms with E-state index in [0.717, 1.165) is 22.9 Å². The summed E-state index contributed by atoms with van der Waals surface area (Å²) in [5, 5.41) is 6.20. The predicted molar refractivity (Wildman–Crippen MR) is 81.8 cm³/mol. The van der Waals surface area contributed by atoms with Crippen molar-refractivity contribution < 1.29 is 4.74 Å². The Morgan fingerprint density at radius 3 is 2.40 bits per heavy atom. The first-order valence-corrected chi connectivity index (χ1v) is 6.64. The van der Waals surface area contributed by atoms with Crippen LogP contribution in [0.5, 0.6) is 5.75 Å². The van der Waals surface area contributed by atoms with Crippen molar-refractivity contribution in [1.29, 1.82) is 0 Å². The van der Waals surface area contributed by atoms with Crippen LogP contribution in [0.3, 0.4) is 0 Å². The molecule has 0 amide bonds. The second-order valence-electron chi connectivity index (χ2n) is 4.78. The monoisotopic (exact) mass is 272 g/mol. The van der Waals surface area contributed by atoms with E-state index in [0.29, 0.717) is 5.95 Å². The lowest BCUT2D eigenvalue weighted by Gasteiger charge is -2.11. The van der Waals surface area contributed by atoms with Crippen molar-refractivity contribution in [3.63, 3.8) is 0 Å². The van der Waals surface area contributed by atoms with Crippen LogP contribution in [-0.2, 0) is 0 Å². The van der Waals surface area contributed by atoms with Crippen LogP contribution >= 0.6 is 0 Å². The Morgan fingerprint density at radius 2 is 1.80 bits per heavy atom. The Hall–Kier alpha value is -2.30. The summed E-state index contributed by atoms with van der Waals surface area (Å²) in [6.07, 6.45) is 0.177. The molecule has 0 bridgehead atoms. The highest BCUT2D eigenvalue weighted by Crippen LogP contribution is 2.20. The number of nitrogens with zero attached hydrogens (tertiary/aromatic N) is 2. The summed E-state index contributed by atoms with van der Waals surface area (Å²) < 4.78 is 5.61. The Kier molecular flexibility index (Phi) is 4.40. The number of aromatic nitrogens is 2. The maximum Gasteiger partial charge on any atom is 0.224 e. The molecule has 5 nitrogen and oxygen atoms in total. The van der Waals surface area contributed by atoms with Crippen LogP contribution in [0.2, 0.25) is 0 Å². The van der Waals surface area contributed by atoms with Gasteiger partial charge in [0, 0.05) is 24.5 Å². The molecular formula is C15H20N4O. The highest BCUT2D eigenvalue weighted by atomic mass is 16.5. The molecule has 1 aromatic carbocycles. The number of anilines is 3. The van der Waals surface area contributed by atoms with Gasteiger partial charge in [0.25, 0.3) is 0 Å².